The van der Waals surface area contributed by atoms with Gasteiger partial charge in [-0.1, -0.05) is 43.5 Å². The summed E-state index contributed by atoms with van der Waals surface area (Å²) in [7, 11) is 0. The van der Waals surface area contributed by atoms with Crippen molar-refractivity contribution in [2.75, 3.05) is 0 Å². The summed E-state index contributed by atoms with van der Waals surface area (Å²) < 4.78 is 10.4. The van der Waals surface area contributed by atoms with Crippen LogP contribution >= 0.6 is 11.6 Å². The monoisotopic (exact) mass is 425 g/mol. The highest BCUT2D eigenvalue weighted by molar-refractivity contribution is 6.30. The average Bonchev–Trinajstić information content (AvgIpc) is 3.23. The number of carbonyl (C=O) groups is 3. The lowest BCUT2D eigenvalue weighted by molar-refractivity contribution is -0.176. The fraction of sp³-hybridized carbons (Fsp3) is 0.571. The van der Waals surface area contributed by atoms with Gasteiger partial charge in [0, 0.05) is 17.9 Å². The van der Waals surface area contributed by atoms with Gasteiger partial charge in [0.05, 0.1) is 5.92 Å². The zero-order chi connectivity index (χ0) is 21.1. The molecule has 1 fully saturated rings. The van der Waals surface area contributed by atoms with Crippen LogP contribution in [-0.4, -0.2) is 24.3 Å². The Morgan fingerprint density at radius 2 is 1.83 bits per heavy atom. The lowest BCUT2D eigenvalue weighted by Gasteiger charge is -2.19. The molecule has 7 nitrogen and oxygen atoms in total. The van der Waals surface area contributed by atoms with E-state index in [-0.39, 0.29) is 18.3 Å². The molecule has 1 atom stereocenters. The van der Waals surface area contributed by atoms with Crippen molar-refractivity contribution in [1.82, 2.24) is 5.48 Å². The molecule has 0 heterocycles. The summed E-state index contributed by atoms with van der Waals surface area (Å²) in [6.45, 7) is 1.89. The predicted molar refractivity (Wildman–Crippen MR) is 107 cm³/mol. The molecular weight excluding hydrogens is 398 g/mol. The maximum absolute atomic E-state index is 12.1. The van der Waals surface area contributed by atoms with Crippen molar-refractivity contribution in [2.45, 2.75) is 71.0 Å². The topological polar surface area (TPSA) is 90.9 Å². The third kappa shape index (κ3) is 8.73. The van der Waals surface area contributed by atoms with Crippen molar-refractivity contribution in [3.05, 3.63) is 34.9 Å². The Bertz CT molecular complexity index is 672. The van der Waals surface area contributed by atoms with Crippen molar-refractivity contribution < 1.29 is 28.7 Å². The van der Waals surface area contributed by atoms with Crippen molar-refractivity contribution in [3.63, 3.8) is 0 Å². The fourth-order valence-electron chi connectivity index (χ4n) is 3.15. The molecule has 1 aromatic rings. The SMILES string of the molecule is CCCC(OC(=O)NOC(=O)CCCc1ccc(Cl)cc1)OC(=O)C1CCCC1. The van der Waals surface area contributed by atoms with Crippen molar-refractivity contribution in [3.8, 4) is 0 Å². The van der Waals surface area contributed by atoms with Crippen molar-refractivity contribution in [1.29, 1.82) is 0 Å². The van der Waals surface area contributed by atoms with Crippen LogP contribution in [0.15, 0.2) is 24.3 Å². The highest BCUT2D eigenvalue weighted by Gasteiger charge is 2.28. The highest BCUT2D eigenvalue weighted by atomic mass is 35.5. The number of nitrogens with one attached hydrogen (secondary N) is 1. The van der Waals surface area contributed by atoms with Gasteiger partial charge in [-0.2, -0.15) is 0 Å². The van der Waals surface area contributed by atoms with Gasteiger partial charge in [-0.25, -0.2) is 9.59 Å². The van der Waals surface area contributed by atoms with Gasteiger partial charge < -0.3 is 14.3 Å². The van der Waals surface area contributed by atoms with Crippen LogP contribution in [-0.2, 0) is 30.3 Å². The van der Waals surface area contributed by atoms with Gasteiger partial charge in [0.1, 0.15) is 0 Å². The number of benzene rings is 1. The Balaban J connectivity index is 1.65. The van der Waals surface area contributed by atoms with Gasteiger partial charge in [-0.15, -0.1) is 5.48 Å². The standard InChI is InChI=1S/C21H28ClNO6/c1-2-6-19(27-20(25)16-8-3-4-9-16)28-21(26)23-29-18(24)10-5-7-15-11-13-17(22)14-12-15/h11-14,16,19H,2-10H2,1H3,(H,23,26). The third-order valence-corrected chi connectivity index (χ3v) is 4.96. The van der Waals surface area contributed by atoms with E-state index in [4.69, 9.17) is 25.9 Å². The summed E-state index contributed by atoms with van der Waals surface area (Å²) in [6, 6.07) is 7.37. The summed E-state index contributed by atoms with van der Waals surface area (Å²) in [4.78, 5) is 40.4. The number of aryl methyl sites for hydroxylation is 1. The maximum Gasteiger partial charge on any atom is 0.443 e. The van der Waals surface area contributed by atoms with Crippen LogP contribution in [0, 0.1) is 5.92 Å². The van der Waals surface area contributed by atoms with Crippen molar-refractivity contribution >= 4 is 29.6 Å². The molecule has 1 unspecified atom stereocenters. The van der Waals surface area contributed by atoms with E-state index in [1.54, 1.807) is 12.1 Å². The summed E-state index contributed by atoms with van der Waals surface area (Å²) in [5, 5.41) is 0.658. The van der Waals surface area contributed by atoms with E-state index in [1.807, 2.05) is 24.5 Å². The zero-order valence-electron chi connectivity index (χ0n) is 16.7. The van der Waals surface area contributed by atoms with E-state index in [0.717, 1.165) is 31.2 Å². The minimum absolute atomic E-state index is 0.125. The van der Waals surface area contributed by atoms with Crippen LogP contribution in [0.2, 0.25) is 5.02 Å². The Labute approximate surface area is 176 Å². The lowest BCUT2D eigenvalue weighted by atomic mass is 10.1. The van der Waals surface area contributed by atoms with E-state index in [2.05, 4.69) is 0 Å². The molecular formula is C21H28ClNO6. The molecule has 0 radical (unpaired) electrons. The Morgan fingerprint density at radius 3 is 2.48 bits per heavy atom. The number of esters is 1. The second-order valence-corrected chi connectivity index (χ2v) is 7.53. The van der Waals surface area contributed by atoms with Crippen LogP contribution in [0.3, 0.4) is 0 Å². The zero-order valence-corrected chi connectivity index (χ0v) is 17.4. The minimum Gasteiger partial charge on any atom is -0.425 e. The minimum atomic E-state index is -0.989. The van der Waals surface area contributed by atoms with Gasteiger partial charge in [0.2, 0.25) is 6.29 Å². The van der Waals surface area contributed by atoms with E-state index < -0.39 is 18.4 Å². The molecule has 0 aromatic heterocycles. The first-order valence-electron chi connectivity index (χ1n) is 10.1. The number of halogens is 1. The largest absolute Gasteiger partial charge is 0.443 e. The number of hydroxylamine groups is 1. The third-order valence-electron chi connectivity index (χ3n) is 4.71. The fourth-order valence-corrected chi connectivity index (χ4v) is 3.27. The quantitative estimate of drug-likeness (QED) is 0.350. The summed E-state index contributed by atoms with van der Waals surface area (Å²) >= 11 is 5.83. The Morgan fingerprint density at radius 1 is 1.14 bits per heavy atom. The van der Waals surface area contributed by atoms with Gasteiger partial charge in [0.15, 0.2) is 0 Å². The molecule has 160 valence electrons. The van der Waals surface area contributed by atoms with Crippen LogP contribution < -0.4 is 5.48 Å². The molecule has 0 bridgehead atoms. The predicted octanol–water partition coefficient (Wildman–Crippen LogP) is 4.71. The van der Waals surface area contributed by atoms with E-state index in [1.165, 1.54) is 0 Å². The second kappa shape index (κ2) is 12.3. The van der Waals surface area contributed by atoms with E-state index in [9.17, 15) is 14.4 Å². The average molecular weight is 426 g/mol. The summed E-state index contributed by atoms with van der Waals surface area (Å²) in [5.41, 5.74) is 3.01. The number of hydrogen-bond acceptors (Lipinski definition) is 6. The van der Waals surface area contributed by atoms with Crippen LogP contribution in [0.25, 0.3) is 0 Å². The first-order valence-corrected chi connectivity index (χ1v) is 10.5. The molecule has 0 saturated heterocycles. The number of carbonyl (C=O) groups excluding carboxylic acids is 3. The molecule has 29 heavy (non-hydrogen) atoms. The molecule has 0 aliphatic heterocycles. The molecule has 2 rings (SSSR count). The smallest absolute Gasteiger partial charge is 0.425 e. The summed E-state index contributed by atoms with van der Waals surface area (Å²) in [5.74, 6) is -1.04. The number of amides is 1. The Kier molecular flexibility index (Phi) is 9.77. The first-order chi connectivity index (χ1) is 14.0. The van der Waals surface area contributed by atoms with Crippen LogP contribution in [0.5, 0.6) is 0 Å². The molecule has 1 amide bonds. The second-order valence-electron chi connectivity index (χ2n) is 7.10. The maximum atomic E-state index is 12.1. The Hall–Kier alpha value is -2.28. The number of hydrogen-bond donors (Lipinski definition) is 1. The van der Waals surface area contributed by atoms with E-state index in [0.29, 0.717) is 30.7 Å². The van der Waals surface area contributed by atoms with Crippen LogP contribution in [0.4, 0.5) is 4.79 Å². The molecule has 8 heteroatoms. The molecule has 1 aromatic carbocycles. The molecule has 1 aliphatic rings. The van der Waals surface area contributed by atoms with Crippen molar-refractivity contribution in [2.24, 2.45) is 5.92 Å². The number of rotatable bonds is 9. The highest BCUT2D eigenvalue weighted by Crippen LogP contribution is 2.26. The van der Waals surface area contributed by atoms with E-state index >= 15 is 0 Å². The lowest BCUT2D eigenvalue weighted by Crippen LogP contribution is -2.34. The normalized spacial score (nSPS) is 14.8. The molecule has 0 spiro atoms. The van der Waals surface area contributed by atoms with Gasteiger partial charge in [0.25, 0.3) is 0 Å². The summed E-state index contributed by atoms with van der Waals surface area (Å²) in [6.07, 6.45) is 4.10. The van der Waals surface area contributed by atoms with Gasteiger partial charge in [-0.3, -0.25) is 4.79 Å². The molecule has 1 saturated carbocycles. The first kappa shape index (κ1) is 23.0. The van der Waals surface area contributed by atoms with Gasteiger partial charge >= 0.3 is 18.0 Å². The molecule has 1 N–H and O–H groups in total. The molecule has 1 aliphatic carbocycles. The van der Waals surface area contributed by atoms with Crippen LogP contribution in [0.1, 0.15) is 63.9 Å². The van der Waals surface area contributed by atoms with Gasteiger partial charge in [-0.05, 0) is 49.8 Å². The number of ether oxygens (including phenoxy) is 2.